The first-order chi connectivity index (χ1) is 15.2. The Balaban J connectivity index is 1.35. The Bertz CT molecular complexity index is 1020. The summed E-state index contributed by atoms with van der Waals surface area (Å²) in [4.78, 5) is 14.9. The molecule has 2 aromatic heterocycles. The number of carbonyl (C=O) groups is 1. The van der Waals surface area contributed by atoms with Crippen LogP contribution in [0.3, 0.4) is 0 Å². The number of hydrogen-bond acceptors (Lipinski definition) is 10. The van der Waals surface area contributed by atoms with Crippen LogP contribution in [0.1, 0.15) is 18.1 Å². The van der Waals surface area contributed by atoms with Crippen LogP contribution in [-0.2, 0) is 9.53 Å². The fourth-order valence-electron chi connectivity index (χ4n) is 3.42. The van der Waals surface area contributed by atoms with Crippen molar-refractivity contribution in [2.75, 3.05) is 42.8 Å². The number of anilines is 3. The summed E-state index contributed by atoms with van der Waals surface area (Å²) in [6.07, 6.45) is 1.82. The smallest absolute Gasteiger partial charge is 0.259 e. The van der Waals surface area contributed by atoms with Crippen LogP contribution >= 0.6 is 11.3 Å². The summed E-state index contributed by atoms with van der Waals surface area (Å²) in [6, 6.07) is 11.2. The normalized spacial score (nSPS) is 16.7. The Labute approximate surface area is 183 Å². The number of ether oxygens (including phenoxy) is 2. The van der Waals surface area contributed by atoms with Gasteiger partial charge < -0.3 is 19.7 Å². The van der Waals surface area contributed by atoms with Gasteiger partial charge in [-0.05, 0) is 36.2 Å². The lowest BCUT2D eigenvalue weighted by Crippen LogP contribution is -2.26. The highest BCUT2D eigenvalue weighted by molar-refractivity contribution is 7.19. The number of nitrogens with zero attached hydrogens (tertiary/aromatic N) is 5. The van der Waals surface area contributed by atoms with Crippen molar-refractivity contribution in [3.63, 3.8) is 0 Å². The molecule has 0 bridgehead atoms. The maximum Gasteiger partial charge on any atom is 0.259 e. The number of methoxy groups -OCH3 is 2. The number of carbonyl (C=O) groups excluding carboxylic acids is 1. The number of nitrogens with one attached hydrogen (secondary N) is 2. The van der Waals surface area contributed by atoms with Gasteiger partial charge in [0.15, 0.2) is 11.9 Å². The van der Waals surface area contributed by atoms with Crippen LogP contribution in [0.5, 0.6) is 5.75 Å². The van der Waals surface area contributed by atoms with Gasteiger partial charge >= 0.3 is 0 Å². The zero-order valence-electron chi connectivity index (χ0n) is 17.2. The number of hydrogen-bond donors (Lipinski definition) is 2. The standard InChI is InChI=1S/C20H23N7O3S/c1-29-15-6-3-5-13(11-15)17(30-2)18(28)23-20-26-25-19(31-20)22-14-8-10-27(12-14)16-7-4-9-21-24-16/h3-7,9,11,14,17H,8,10,12H2,1-2H3,(H,22,25)(H,23,26,28)/t14-,17?/m1/s1. The Morgan fingerprint density at radius 2 is 2.06 bits per heavy atom. The molecule has 1 amide bonds. The fraction of sp³-hybridized carbons (Fsp3) is 0.350. The predicted octanol–water partition coefficient (Wildman–Crippen LogP) is 2.35. The molecule has 4 rings (SSSR count). The maximum absolute atomic E-state index is 12.7. The molecule has 0 saturated carbocycles. The number of aromatic nitrogens is 4. The molecular weight excluding hydrogens is 418 g/mol. The Morgan fingerprint density at radius 1 is 1.19 bits per heavy atom. The van der Waals surface area contributed by atoms with Crippen LogP contribution in [0, 0.1) is 0 Å². The zero-order valence-corrected chi connectivity index (χ0v) is 18.0. The summed E-state index contributed by atoms with van der Waals surface area (Å²) in [5.74, 6) is 1.19. The van der Waals surface area contributed by atoms with E-state index in [1.54, 1.807) is 19.4 Å². The van der Waals surface area contributed by atoms with Gasteiger partial charge in [0, 0.05) is 32.4 Å². The largest absolute Gasteiger partial charge is 0.497 e. The third-order valence-corrected chi connectivity index (χ3v) is 5.69. The number of amides is 1. The zero-order chi connectivity index (χ0) is 21.6. The lowest BCUT2D eigenvalue weighted by Gasteiger charge is -2.16. The van der Waals surface area contributed by atoms with Crippen molar-refractivity contribution < 1.29 is 14.3 Å². The highest BCUT2D eigenvalue weighted by Crippen LogP contribution is 2.27. The van der Waals surface area contributed by atoms with Crippen LogP contribution in [0.25, 0.3) is 0 Å². The van der Waals surface area contributed by atoms with E-state index in [0.29, 0.717) is 21.6 Å². The second-order valence-electron chi connectivity index (χ2n) is 6.95. The minimum absolute atomic E-state index is 0.210. The van der Waals surface area contributed by atoms with Crippen molar-refractivity contribution in [1.29, 1.82) is 0 Å². The molecule has 1 aliphatic rings. The van der Waals surface area contributed by atoms with Gasteiger partial charge in [0.1, 0.15) is 5.75 Å². The molecule has 0 radical (unpaired) electrons. The third kappa shape index (κ3) is 5.06. The third-order valence-electron chi connectivity index (χ3n) is 4.92. The van der Waals surface area contributed by atoms with Crippen molar-refractivity contribution in [2.24, 2.45) is 0 Å². The van der Waals surface area contributed by atoms with Crippen molar-refractivity contribution in [3.05, 3.63) is 48.2 Å². The van der Waals surface area contributed by atoms with Crippen molar-refractivity contribution >= 4 is 33.3 Å². The molecule has 31 heavy (non-hydrogen) atoms. The second kappa shape index (κ2) is 9.67. The lowest BCUT2D eigenvalue weighted by atomic mass is 10.1. The van der Waals surface area contributed by atoms with E-state index < -0.39 is 6.10 Å². The molecule has 10 nitrogen and oxygen atoms in total. The van der Waals surface area contributed by atoms with E-state index >= 15 is 0 Å². The first-order valence-electron chi connectivity index (χ1n) is 9.76. The Kier molecular flexibility index (Phi) is 6.53. The molecular formula is C20H23N7O3S. The van der Waals surface area contributed by atoms with Crippen molar-refractivity contribution in [2.45, 2.75) is 18.6 Å². The molecule has 0 aliphatic carbocycles. The van der Waals surface area contributed by atoms with Gasteiger partial charge in [-0.15, -0.1) is 15.3 Å². The molecule has 1 unspecified atom stereocenters. The van der Waals surface area contributed by atoms with Gasteiger partial charge in [-0.25, -0.2) is 0 Å². The van der Waals surface area contributed by atoms with Crippen LogP contribution in [0.2, 0.25) is 0 Å². The minimum Gasteiger partial charge on any atom is -0.497 e. The van der Waals surface area contributed by atoms with Crippen molar-refractivity contribution in [1.82, 2.24) is 20.4 Å². The SMILES string of the molecule is COc1cccc(C(OC)C(=O)Nc2nnc(N[C@@H]3CCN(c4cccnn4)C3)s2)c1. The first kappa shape index (κ1) is 20.9. The molecule has 2 N–H and O–H groups in total. The molecule has 1 aliphatic heterocycles. The average molecular weight is 442 g/mol. The van der Waals surface area contributed by atoms with E-state index in [4.69, 9.17) is 9.47 Å². The molecule has 3 aromatic rings. The molecule has 1 aromatic carbocycles. The molecule has 1 fully saturated rings. The van der Waals surface area contributed by atoms with Gasteiger partial charge in [-0.1, -0.05) is 23.5 Å². The van der Waals surface area contributed by atoms with Gasteiger partial charge in [0.25, 0.3) is 5.91 Å². The fourth-order valence-corrected chi connectivity index (χ4v) is 4.15. The molecule has 2 atom stereocenters. The summed E-state index contributed by atoms with van der Waals surface area (Å²) in [5, 5.41) is 23.5. The monoisotopic (exact) mass is 441 g/mol. The quantitative estimate of drug-likeness (QED) is 0.543. The number of rotatable bonds is 8. The first-order valence-corrected chi connectivity index (χ1v) is 10.6. The Hall–Kier alpha value is -3.31. The van der Waals surface area contributed by atoms with E-state index in [0.717, 1.165) is 25.3 Å². The molecule has 11 heteroatoms. The van der Waals surface area contributed by atoms with E-state index in [2.05, 4.69) is 35.9 Å². The predicted molar refractivity (Wildman–Crippen MR) is 118 cm³/mol. The second-order valence-corrected chi connectivity index (χ2v) is 7.93. The molecule has 3 heterocycles. The van der Waals surface area contributed by atoms with Gasteiger partial charge in [-0.2, -0.15) is 5.10 Å². The summed E-state index contributed by atoms with van der Waals surface area (Å²) < 4.78 is 10.6. The van der Waals surface area contributed by atoms with Crippen molar-refractivity contribution in [3.8, 4) is 5.75 Å². The molecule has 162 valence electrons. The van der Waals surface area contributed by atoms with Gasteiger partial charge in [0.2, 0.25) is 10.3 Å². The summed E-state index contributed by atoms with van der Waals surface area (Å²) in [7, 11) is 3.06. The highest BCUT2D eigenvalue weighted by Gasteiger charge is 2.25. The molecule has 0 spiro atoms. The van der Waals surface area contributed by atoms with Crippen LogP contribution in [0.4, 0.5) is 16.1 Å². The average Bonchev–Trinajstić information content (AvgIpc) is 3.45. The topological polar surface area (TPSA) is 114 Å². The van der Waals surface area contributed by atoms with Gasteiger partial charge in [0.05, 0.1) is 7.11 Å². The minimum atomic E-state index is -0.786. The van der Waals surface area contributed by atoms with E-state index in [1.165, 1.54) is 18.4 Å². The summed E-state index contributed by atoms with van der Waals surface area (Å²) >= 11 is 1.28. The summed E-state index contributed by atoms with van der Waals surface area (Å²) in [6.45, 7) is 1.68. The van der Waals surface area contributed by atoms with Crippen LogP contribution in [0.15, 0.2) is 42.6 Å². The van der Waals surface area contributed by atoms with Crippen LogP contribution in [-0.4, -0.2) is 59.7 Å². The Morgan fingerprint density at radius 3 is 2.84 bits per heavy atom. The van der Waals surface area contributed by atoms with E-state index in [1.807, 2.05) is 30.3 Å². The lowest BCUT2D eigenvalue weighted by molar-refractivity contribution is -0.126. The van der Waals surface area contributed by atoms with Crippen LogP contribution < -0.4 is 20.3 Å². The van der Waals surface area contributed by atoms with E-state index in [-0.39, 0.29) is 11.9 Å². The van der Waals surface area contributed by atoms with Gasteiger partial charge in [-0.3, -0.25) is 10.1 Å². The van der Waals surface area contributed by atoms with E-state index in [9.17, 15) is 4.79 Å². The number of benzene rings is 1. The maximum atomic E-state index is 12.7. The molecule has 1 saturated heterocycles. The highest BCUT2D eigenvalue weighted by atomic mass is 32.1. The summed E-state index contributed by atoms with van der Waals surface area (Å²) in [5.41, 5.74) is 0.692.